The van der Waals surface area contributed by atoms with Crippen LogP contribution in [0.3, 0.4) is 0 Å². The third-order valence-corrected chi connectivity index (χ3v) is 4.41. The van der Waals surface area contributed by atoms with E-state index in [0.29, 0.717) is 34.9 Å². The lowest BCUT2D eigenvalue weighted by atomic mass is 10.2. The molecule has 0 atom stereocenters. The van der Waals surface area contributed by atoms with Crippen molar-refractivity contribution in [2.24, 2.45) is 0 Å². The first-order valence-electron chi connectivity index (χ1n) is 7.53. The molecule has 5 nitrogen and oxygen atoms in total. The smallest absolute Gasteiger partial charge is 0.171 e. The first-order valence-corrected chi connectivity index (χ1v) is 7.91. The van der Waals surface area contributed by atoms with Gasteiger partial charge in [0, 0.05) is 12.0 Å². The van der Waals surface area contributed by atoms with Crippen LogP contribution >= 0.6 is 11.6 Å². The molecule has 0 bridgehead atoms. The molecular weight excluding hydrogens is 300 g/mol. The van der Waals surface area contributed by atoms with Crippen molar-refractivity contribution in [1.82, 2.24) is 14.8 Å². The fourth-order valence-corrected chi connectivity index (χ4v) is 2.87. The maximum absolute atomic E-state index is 9.19. The third-order valence-electron chi connectivity index (χ3n) is 4.09. The Morgan fingerprint density at radius 3 is 2.77 bits per heavy atom. The summed E-state index contributed by atoms with van der Waals surface area (Å²) < 4.78 is 8.04. The number of nitrogens with zero attached hydrogens (tertiary/aromatic N) is 4. The van der Waals surface area contributed by atoms with E-state index >= 15 is 0 Å². The summed E-state index contributed by atoms with van der Waals surface area (Å²) in [6.07, 6.45) is 4.79. The van der Waals surface area contributed by atoms with Crippen molar-refractivity contribution in [3.05, 3.63) is 40.4 Å². The summed E-state index contributed by atoms with van der Waals surface area (Å²) in [6, 6.07) is 7.83. The van der Waals surface area contributed by atoms with Crippen molar-refractivity contribution in [2.45, 2.75) is 44.2 Å². The highest BCUT2D eigenvalue weighted by Gasteiger charge is 2.36. The van der Waals surface area contributed by atoms with Gasteiger partial charge in [-0.25, -0.2) is 0 Å². The number of nitriles is 1. The Hall–Kier alpha value is -2.06. The van der Waals surface area contributed by atoms with Gasteiger partial charge in [-0.05, 0) is 37.8 Å². The zero-order chi connectivity index (χ0) is 15.1. The van der Waals surface area contributed by atoms with Crippen LogP contribution in [0.15, 0.2) is 18.2 Å². The van der Waals surface area contributed by atoms with Crippen LogP contribution in [0.2, 0.25) is 5.02 Å². The molecule has 4 rings (SSSR count). The van der Waals surface area contributed by atoms with E-state index in [4.69, 9.17) is 16.3 Å². The molecule has 0 saturated heterocycles. The lowest BCUT2D eigenvalue weighted by molar-refractivity contribution is 0.287. The van der Waals surface area contributed by atoms with E-state index in [9.17, 15) is 5.26 Å². The van der Waals surface area contributed by atoms with Crippen molar-refractivity contribution < 1.29 is 4.74 Å². The van der Waals surface area contributed by atoms with E-state index in [1.54, 1.807) is 18.2 Å². The minimum Gasteiger partial charge on any atom is -0.484 e. The molecule has 0 spiro atoms. The van der Waals surface area contributed by atoms with E-state index in [1.807, 2.05) is 0 Å². The molecule has 0 radical (unpaired) electrons. The van der Waals surface area contributed by atoms with Crippen LogP contribution < -0.4 is 4.74 Å². The van der Waals surface area contributed by atoms with Gasteiger partial charge in [0.25, 0.3) is 0 Å². The first-order chi connectivity index (χ1) is 10.8. The number of ether oxygens (including phenoxy) is 1. The Bertz CT molecular complexity index is 756. The number of hydrogen-bond donors (Lipinski definition) is 0. The molecule has 2 aliphatic rings. The molecule has 2 aromatic rings. The second-order valence-electron chi connectivity index (χ2n) is 5.86. The molecule has 1 aromatic carbocycles. The molecule has 112 valence electrons. The number of benzene rings is 1. The Morgan fingerprint density at radius 2 is 2.09 bits per heavy atom. The quantitative estimate of drug-likeness (QED) is 0.846. The number of halogens is 1. The Labute approximate surface area is 133 Å². The average molecular weight is 315 g/mol. The molecule has 0 aliphatic heterocycles. The van der Waals surface area contributed by atoms with Crippen molar-refractivity contribution in [3.63, 3.8) is 0 Å². The van der Waals surface area contributed by atoms with Crippen molar-refractivity contribution in [2.75, 3.05) is 0 Å². The van der Waals surface area contributed by atoms with E-state index < -0.39 is 0 Å². The van der Waals surface area contributed by atoms with Gasteiger partial charge in [0.2, 0.25) is 0 Å². The first kappa shape index (κ1) is 13.6. The van der Waals surface area contributed by atoms with Gasteiger partial charge in [0.15, 0.2) is 5.82 Å². The second kappa shape index (κ2) is 5.29. The van der Waals surface area contributed by atoms with Crippen LogP contribution in [-0.4, -0.2) is 14.8 Å². The Morgan fingerprint density at radius 1 is 1.27 bits per heavy atom. The zero-order valence-corrected chi connectivity index (χ0v) is 12.8. The summed E-state index contributed by atoms with van der Waals surface area (Å²) in [6.45, 7) is 0.311. The summed E-state index contributed by atoms with van der Waals surface area (Å²) in [5, 5.41) is 18.2. The molecule has 1 heterocycles. The van der Waals surface area contributed by atoms with Gasteiger partial charge in [-0.15, -0.1) is 10.2 Å². The molecule has 2 fully saturated rings. The highest BCUT2D eigenvalue weighted by Crippen LogP contribution is 2.44. The van der Waals surface area contributed by atoms with Gasteiger partial charge in [-0.2, -0.15) is 5.26 Å². The molecule has 0 N–H and O–H groups in total. The summed E-state index contributed by atoms with van der Waals surface area (Å²) >= 11 is 6.02. The van der Waals surface area contributed by atoms with E-state index in [1.165, 1.54) is 25.7 Å². The monoisotopic (exact) mass is 314 g/mol. The summed E-state index contributed by atoms with van der Waals surface area (Å²) in [4.78, 5) is 0. The van der Waals surface area contributed by atoms with E-state index in [0.717, 1.165) is 11.6 Å². The second-order valence-corrected chi connectivity index (χ2v) is 6.27. The van der Waals surface area contributed by atoms with E-state index in [2.05, 4.69) is 20.8 Å². The van der Waals surface area contributed by atoms with Crippen LogP contribution in [0.5, 0.6) is 5.75 Å². The maximum atomic E-state index is 9.19. The normalized spacial score (nSPS) is 17.3. The topological polar surface area (TPSA) is 63.7 Å². The molecule has 0 amide bonds. The Kier molecular flexibility index (Phi) is 3.27. The fraction of sp³-hybridized carbons (Fsp3) is 0.438. The lowest BCUT2D eigenvalue weighted by Crippen LogP contribution is -2.09. The van der Waals surface area contributed by atoms with Gasteiger partial charge in [0.05, 0.1) is 5.02 Å². The van der Waals surface area contributed by atoms with Crippen molar-refractivity contribution in [1.29, 1.82) is 5.26 Å². The van der Waals surface area contributed by atoms with Gasteiger partial charge < -0.3 is 9.30 Å². The molecular formula is C16H15ClN4O. The number of rotatable bonds is 5. The molecule has 1 aromatic heterocycles. The van der Waals surface area contributed by atoms with Crippen LogP contribution in [0.4, 0.5) is 0 Å². The summed E-state index contributed by atoms with van der Waals surface area (Å²) in [5.74, 6) is 3.01. The van der Waals surface area contributed by atoms with Gasteiger partial charge in [-0.3, -0.25) is 0 Å². The van der Waals surface area contributed by atoms with Crippen LogP contribution in [0.1, 0.15) is 54.9 Å². The average Bonchev–Trinajstić information content (AvgIpc) is 3.44. The maximum Gasteiger partial charge on any atom is 0.171 e. The molecule has 2 saturated carbocycles. The van der Waals surface area contributed by atoms with Crippen LogP contribution in [0.25, 0.3) is 0 Å². The number of hydrogen-bond acceptors (Lipinski definition) is 4. The zero-order valence-electron chi connectivity index (χ0n) is 12.0. The lowest BCUT2D eigenvalue weighted by Gasteiger charge is -2.11. The molecule has 6 heteroatoms. The number of aromatic nitrogens is 3. The summed E-state index contributed by atoms with van der Waals surface area (Å²) in [7, 11) is 0. The van der Waals surface area contributed by atoms with Crippen LogP contribution in [-0.2, 0) is 6.61 Å². The third kappa shape index (κ3) is 2.44. The minimum absolute atomic E-state index is 0.311. The van der Waals surface area contributed by atoms with E-state index in [-0.39, 0.29) is 0 Å². The standard InChI is InChI=1S/C16H15ClN4O/c17-13-2-1-3-14(12(13)8-18)22-9-15-19-20-16(10-4-5-10)21(15)11-6-7-11/h1-3,10-11H,4-7,9H2. The molecule has 0 unspecified atom stereocenters. The predicted molar refractivity (Wildman–Crippen MR) is 80.8 cm³/mol. The predicted octanol–water partition coefficient (Wildman–Crippen LogP) is 3.59. The van der Waals surface area contributed by atoms with Crippen LogP contribution in [0, 0.1) is 11.3 Å². The largest absolute Gasteiger partial charge is 0.484 e. The Balaban J connectivity index is 1.58. The van der Waals surface area contributed by atoms with Crippen molar-refractivity contribution in [3.8, 4) is 11.8 Å². The highest BCUT2D eigenvalue weighted by molar-refractivity contribution is 6.31. The SMILES string of the molecule is N#Cc1c(Cl)cccc1OCc1nnc(C2CC2)n1C1CC1. The fourth-order valence-electron chi connectivity index (χ4n) is 2.66. The molecule has 2 aliphatic carbocycles. The molecule has 22 heavy (non-hydrogen) atoms. The van der Waals surface area contributed by atoms with Gasteiger partial charge >= 0.3 is 0 Å². The van der Waals surface area contributed by atoms with Gasteiger partial charge in [-0.1, -0.05) is 17.7 Å². The van der Waals surface area contributed by atoms with Gasteiger partial charge in [0.1, 0.15) is 29.8 Å². The highest BCUT2D eigenvalue weighted by atomic mass is 35.5. The summed E-state index contributed by atoms with van der Waals surface area (Å²) in [5.41, 5.74) is 0.365. The minimum atomic E-state index is 0.311. The van der Waals surface area contributed by atoms with Crippen molar-refractivity contribution >= 4 is 11.6 Å².